The molecule has 15 heavy (non-hydrogen) atoms. The summed E-state index contributed by atoms with van der Waals surface area (Å²) in [5, 5.41) is 3.52. The van der Waals surface area contributed by atoms with E-state index in [-0.39, 0.29) is 11.5 Å². The van der Waals surface area contributed by atoms with Crippen LogP contribution >= 0.6 is 0 Å². The van der Waals surface area contributed by atoms with Crippen molar-refractivity contribution in [1.82, 2.24) is 15.3 Å². The van der Waals surface area contributed by atoms with Gasteiger partial charge in [-0.25, -0.2) is 0 Å². The number of nitrogens with one attached hydrogen (secondary N) is 1. The van der Waals surface area contributed by atoms with Gasteiger partial charge in [-0.2, -0.15) is 0 Å². The molecule has 1 rings (SSSR count). The molecule has 3 nitrogen and oxygen atoms in total. The van der Waals surface area contributed by atoms with Crippen LogP contribution < -0.4 is 5.32 Å². The Hall–Kier alpha value is -0.960. The molecule has 1 heterocycles. The van der Waals surface area contributed by atoms with Crippen molar-refractivity contribution in [2.45, 2.75) is 40.2 Å². The van der Waals surface area contributed by atoms with Crippen molar-refractivity contribution >= 4 is 0 Å². The molecule has 1 aromatic rings. The largest absolute Gasteiger partial charge is 0.308 e. The molecule has 84 valence electrons. The van der Waals surface area contributed by atoms with Crippen molar-refractivity contribution in [3.63, 3.8) is 0 Å². The van der Waals surface area contributed by atoms with Crippen LogP contribution in [0.25, 0.3) is 0 Å². The molecule has 0 saturated heterocycles. The minimum absolute atomic E-state index is 0.158. The van der Waals surface area contributed by atoms with E-state index in [1.165, 1.54) is 0 Å². The molecule has 1 aromatic heterocycles. The second-order valence-corrected chi connectivity index (χ2v) is 4.88. The number of hydrogen-bond acceptors (Lipinski definition) is 3. The van der Waals surface area contributed by atoms with Crippen LogP contribution in [0.5, 0.6) is 0 Å². The highest BCUT2D eigenvalue weighted by Crippen LogP contribution is 2.30. The minimum atomic E-state index is 0.158. The van der Waals surface area contributed by atoms with Crippen LogP contribution in [0.2, 0.25) is 0 Å². The third-order valence-corrected chi connectivity index (χ3v) is 2.34. The van der Waals surface area contributed by atoms with Crippen LogP contribution in [0.1, 0.15) is 45.9 Å². The average molecular weight is 207 g/mol. The molecule has 0 spiro atoms. The van der Waals surface area contributed by atoms with Gasteiger partial charge < -0.3 is 5.32 Å². The molecule has 0 aromatic carbocycles. The molecule has 1 atom stereocenters. The molecule has 0 fully saturated rings. The third-order valence-electron chi connectivity index (χ3n) is 2.34. The molecular weight excluding hydrogens is 186 g/mol. The Balaban J connectivity index is 2.82. The van der Waals surface area contributed by atoms with Crippen molar-refractivity contribution in [2.24, 2.45) is 5.41 Å². The first-order valence-corrected chi connectivity index (χ1v) is 5.55. The lowest BCUT2D eigenvalue weighted by molar-refractivity contribution is 0.267. The highest BCUT2D eigenvalue weighted by molar-refractivity contribution is 5.06. The van der Waals surface area contributed by atoms with E-state index in [1.54, 1.807) is 12.4 Å². The van der Waals surface area contributed by atoms with Gasteiger partial charge in [0.05, 0.1) is 11.7 Å². The first-order valence-electron chi connectivity index (χ1n) is 5.55. The average Bonchev–Trinajstić information content (AvgIpc) is 2.18. The van der Waals surface area contributed by atoms with Crippen molar-refractivity contribution in [2.75, 3.05) is 6.54 Å². The summed E-state index contributed by atoms with van der Waals surface area (Å²) in [6, 6.07) is 0.270. The van der Waals surface area contributed by atoms with Crippen molar-refractivity contribution in [1.29, 1.82) is 0 Å². The van der Waals surface area contributed by atoms with Gasteiger partial charge in [0.2, 0.25) is 0 Å². The van der Waals surface area contributed by atoms with E-state index in [2.05, 4.69) is 43.0 Å². The number of hydrogen-bond donors (Lipinski definition) is 1. The Kier molecular flexibility index (Phi) is 4.21. The summed E-state index contributed by atoms with van der Waals surface area (Å²) in [5.41, 5.74) is 1.18. The summed E-state index contributed by atoms with van der Waals surface area (Å²) in [7, 11) is 0. The van der Waals surface area contributed by atoms with Gasteiger partial charge in [-0.3, -0.25) is 9.97 Å². The molecule has 0 aliphatic heterocycles. The summed E-state index contributed by atoms with van der Waals surface area (Å²) < 4.78 is 0. The summed E-state index contributed by atoms with van der Waals surface area (Å²) in [6.45, 7) is 9.83. The second-order valence-electron chi connectivity index (χ2n) is 4.88. The lowest BCUT2D eigenvalue weighted by Gasteiger charge is -2.30. The van der Waals surface area contributed by atoms with Crippen LogP contribution in [0.3, 0.4) is 0 Å². The predicted octanol–water partition coefficient (Wildman–Crippen LogP) is 2.56. The molecule has 0 aliphatic carbocycles. The van der Waals surface area contributed by atoms with Gasteiger partial charge >= 0.3 is 0 Å². The fourth-order valence-corrected chi connectivity index (χ4v) is 1.60. The zero-order valence-corrected chi connectivity index (χ0v) is 10.1. The fraction of sp³-hybridized carbons (Fsp3) is 0.667. The van der Waals surface area contributed by atoms with Gasteiger partial charge in [-0.15, -0.1) is 0 Å². The standard InChI is InChI=1S/C12H21N3/c1-5-6-15-11(12(2,3)4)10-9-13-7-8-14-10/h7-9,11,15H,5-6H2,1-4H3. The van der Waals surface area contributed by atoms with Crippen LogP contribution in [0.4, 0.5) is 0 Å². The molecule has 0 radical (unpaired) electrons. The maximum atomic E-state index is 4.37. The van der Waals surface area contributed by atoms with Gasteiger partial charge in [0.1, 0.15) is 0 Å². The van der Waals surface area contributed by atoms with Gasteiger partial charge in [0, 0.05) is 18.6 Å². The Morgan fingerprint density at radius 1 is 1.33 bits per heavy atom. The van der Waals surface area contributed by atoms with Gasteiger partial charge in [-0.05, 0) is 18.4 Å². The topological polar surface area (TPSA) is 37.8 Å². The second kappa shape index (κ2) is 5.21. The monoisotopic (exact) mass is 207 g/mol. The summed E-state index contributed by atoms with van der Waals surface area (Å²) >= 11 is 0. The van der Waals surface area contributed by atoms with Crippen LogP contribution in [0.15, 0.2) is 18.6 Å². The molecule has 0 aliphatic rings. The molecule has 0 amide bonds. The lowest BCUT2D eigenvalue weighted by atomic mass is 9.85. The molecule has 3 heteroatoms. The number of nitrogens with zero attached hydrogens (tertiary/aromatic N) is 2. The normalized spacial score (nSPS) is 13.9. The molecule has 0 saturated carbocycles. The maximum absolute atomic E-state index is 4.37. The lowest BCUT2D eigenvalue weighted by Crippen LogP contribution is -2.33. The maximum Gasteiger partial charge on any atom is 0.0761 e. The highest BCUT2D eigenvalue weighted by Gasteiger charge is 2.26. The predicted molar refractivity (Wildman–Crippen MR) is 62.5 cm³/mol. The van der Waals surface area contributed by atoms with Gasteiger partial charge in [0.25, 0.3) is 0 Å². The Morgan fingerprint density at radius 2 is 2.07 bits per heavy atom. The van der Waals surface area contributed by atoms with Crippen LogP contribution in [-0.2, 0) is 0 Å². The first kappa shape index (κ1) is 12.1. The van der Waals surface area contributed by atoms with E-state index in [9.17, 15) is 0 Å². The fourth-order valence-electron chi connectivity index (χ4n) is 1.60. The quantitative estimate of drug-likeness (QED) is 0.824. The SMILES string of the molecule is CCCNC(c1cnccn1)C(C)(C)C. The van der Waals surface area contributed by atoms with E-state index in [0.29, 0.717) is 0 Å². The van der Waals surface area contributed by atoms with E-state index < -0.39 is 0 Å². The zero-order chi connectivity index (χ0) is 11.3. The van der Waals surface area contributed by atoms with Crippen molar-refractivity contribution < 1.29 is 0 Å². The molecule has 1 N–H and O–H groups in total. The van der Waals surface area contributed by atoms with E-state index in [4.69, 9.17) is 0 Å². The van der Waals surface area contributed by atoms with Gasteiger partial charge in [0.15, 0.2) is 0 Å². The third kappa shape index (κ3) is 3.59. The molecular formula is C12H21N3. The Morgan fingerprint density at radius 3 is 2.53 bits per heavy atom. The summed E-state index contributed by atoms with van der Waals surface area (Å²) in [6.07, 6.45) is 6.44. The van der Waals surface area contributed by atoms with Crippen molar-refractivity contribution in [3.8, 4) is 0 Å². The van der Waals surface area contributed by atoms with E-state index in [1.807, 2.05) is 6.20 Å². The zero-order valence-electron chi connectivity index (χ0n) is 10.1. The number of aromatic nitrogens is 2. The Labute approximate surface area is 92.3 Å². The van der Waals surface area contributed by atoms with Crippen LogP contribution in [0, 0.1) is 5.41 Å². The molecule has 1 unspecified atom stereocenters. The number of rotatable bonds is 4. The molecule has 0 bridgehead atoms. The first-order chi connectivity index (χ1) is 7.05. The summed E-state index contributed by atoms with van der Waals surface area (Å²) in [5.74, 6) is 0. The Bertz CT molecular complexity index is 277. The highest BCUT2D eigenvalue weighted by atomic mass is 15.0. The smallest absolute Gasteiger partial charge is 0.0761 e. The van der Waals surface area contributed by atoms with Crippen molar-refractivity contribution in [3.05, 3.63) is 24.3 Å². The van der Waals surface area contributed by atoms with Crippen LogP contribution in [-0.4, -0.2) is 16.5 Å². The minimum Gasteiger partial charge on any atom is -0.308 e. The van der Waals surface area contributed by atoms with E-state index in [0.717, 1.165) is 18.7 Å². The van der Waals surface area contributed by atoms with Gasteiger partial charge in [-0.1, -0.05) is 27.7 Å². The summed E-state index contributed by atoms with van der Waals surface area (Å²) in [4.78, 5) is 8.50. The van der Waals surface area contributed by atoms with E-state index >= 15 is 0 Å².